The van der Waals surface area contributed by atoms with Crippen LogP contribution in [0.2, 0.25) is 0 Å². The summed E-state index contributed by atoms with van der Waals surface area (Å²) in [7, 11) is 0. The van der Waals surface area contributed by atoms with Crippen molar-refractivity contribution in [3.8, 4) is 0 Å². The highest BCUT2D eigenvalue weighted by Gasteiger charge is 2.37. The van der Waals surface area contributed by atoms with E-state index in [-0.39, 0.29) is 17.5 Å². The normalized spacial score (nSPS) is 30.5. The van der Waals surface area contributed by atoms with Crippen molar-refractivity contribution in [3.05, 3.63) is 11.6 Å². The molecule has 0 saturated carbocycles. The first-order chi connectivity index (χ1) is 6.86. The molecule has 0 bridgehead atoms. The molecular weight excluding hydrogens is 192 g/mol. The van der Waals surface area contributed by atoms with Crippen molar-refractivity contribution in [3.63, 3.8) is 0 Å². The number of hydrogen-bond acceptors (Lipinski definition) is 3. The molecule has 0 radical (unpaired) electrons. The molecule has 0 spiro atoms. The van der Waals surface area contributed by atoms with Gasteiger partial charge in [0.2, 0.25) is 6.29 Å². The van der Waals surface area contributed by atoms with Crippen LogP contribution in [0.1, 0.15) is 41.0 Å². The molecule has 0 aliphatic carbocycles. The molecule has 1 saturated heterocycles. The van der Waals surface area contributed by atoms with Gasteiger partial charge in [-0.05, 0) is 13.3 Å². The van der Waals surface area contributed by atoms with Crippen LogP contribution < -0.4 is 0 Å². The molecule has 86 valence electrons. The standard InChI is InChI=1S/C12H20O3/c1-6-7-9-8(2)14-11(12(3,4)5)15-10(9)13/h7-8,11H,6H2,1-5H3/b9-7-/t8-,11-/m1/s1. The fourth-order valence-corrected chi connectivity index (χ4v) is 1.47. The van der Waals surface area contributed by atoms with Crippen LogP contribution >= 0.6 is 0 Å². The van der Waals surface area contributed by atoms with E-state index >= 15 is 0 Å². The van der Waals surface area contributed by atoms with Gasteiger partial charge >= 0.3 is 5.97 Å². The van der Waals surface area contributed by atoms with Gasteiger partial charge in [-0.25, -0.2) is 4.79 Å². The Kier molecular flexibility index (Phi) is 3.55. The average molecular weight is 212 g/mol. The summed E-state index contributed by atoms with van der Waals surface area (Å²) in [6, 6.07) is 0. The van der Waals surface area contributed by atoms with E-state index < -0.39 is 6.29 Å². The fraction of sp³-hybridized carbons (Fsp3) is 0.750. The van der Waals surface area contributed by atoms with Gasteiger partial charge in [-0.3, -0.25) is 0 Å². The minimum Gasteiger partial charge on any atom is -0.432 e. The number of rotatable bonds is 1. The van der Waals surface area contributed by atoms with Crippen molar-refractivity contribution < 1.29 is 14.3 Å². The van der Waals surface area contributed by atoms with Gasteiger partial charge in [0.1, 0.15) is 0 Å². The smallest absolute Gasteiger partial charge is 0.338 e. The topological polar surface area (TPSA) is 35.5 Å². The second-order valence-electron chi connectivity index (χ2n) is 4.95. The van der Waals surface area contributed by atoms with E-state index in [2.05, 4.69) is 0 Å². The van der Waals surface area contributed by atoms with Gasteiger partial charge in [-0.2, -0.15) is 0 Å². The molecule has 15 heavy (non-hydrogen) atoms. The number of hydrogen-bond donors (Lipinski definition) is 0. The summed E-state index contributed by atoms with van der Waals surface area (Å²) < 4.78 is 10.9. The summed E-state index contributed by atoms with van der Waals surface area (Å²) in [5.41, 5.74) is 0.458. The lowest BCUT2D eigenvalue weighted by molar-refractivity contribution is -0.225. The Hall–Kier alpha value is -0.830. The largest absolute Gasteiger partial charge is 0.432 e. The lowest BCUT2D eigenvalue weighted by atomic mass is 9.94. The maximum absolute atomic E-state index is 11.7. The molecular formula is C12H20O3. The molecule has 0 N–H and O–H groups in total. The van der Waals surface area contributed by atoms with Gasteiger partial charge in [0, 0.05) is 5.41 Å². The zero-order valence-electron chi connectivity index (χ0n) is 10.2. The molecule has 0 unspecified atom stereocenters. The van der Waals surface area contributed by atoms with Gasteiger partial charge < -0.3 is 9.47 Å². The van der Waals surface area contributed by atoms with E-state index in [1.54, 1.807) is 0 Å². The predicted octanol–water partition coefficient (Wildman–Crippen LogP) is 2.66. The number of carbonyl (C=O) groups is 1. The van der Waals surface area contributed by atoms with E-state index in [9.17, 15) is 4.79 Å². The molecule has 1 heterocycles. The Morgan fingerprint density at radius 1 is 1.40 bits per heavy atom. The van der Waals surface area contributed by atoms with Crippen molar-refractivity contribution in [1.82, 2.24) is 0 Å². The molecule has 1 aliphatic heterocycles. The monoisotopic (exact) mass is 212 g/mol. The van der Waals surface area contributed by atoms with Gasteiger partial charge in [0.25, 0.3) is 0 Å². The van der Waals surface area contributed by atoms with Crippen molar-refractivity contribution in [1.29, 1.82) is 0 Å². The summed E-state index contributed by atoms with van der Waals surface area (Å²) >= 11 is 0. The van der Waals surface area contributed by atoms with E-state index in [0.717, 1.165) is 6.42 Å². The highest BCUT2D eigenvalue weighted by atomic mass is 16.7. The summed E-state index contributed by atoms with van der Waals surface area (Å²) in [5.74, 6) is -0.240. The third-order valence-electron chi connectivity index (χ3n) is 2.35. The van der Waals surface area contributed by atoms with Crippen LogP contribution in [0.15, 0.2) is 11.6 Å². The summed E-state index contributed by atoms with van der Waals surface area (Å²) in [6.07, 6.45) is 2.06. The molecule has 1 fully saturated rings. The van der Waals surface area contributed by atoms with Crippen LogP contribution in [0.5, 0.6) is 0 Å². The highest BCUT2D eigenvalue weighted by Crippen LogP contribution is 2.30. The Bertz CT molecular complexity index is 273. The van der Waals surface area contributed by atoms with Gasteiger partial charge in [0.05, 0.1) is 11.7 Å². The molecule has 0 aromatic carbocycles. The average Bonchev–Trinajstić information content (AvgIpc) is 2.09. The van der Waals surface area contributed by atoms with Crippen LogP contribution in [-0.4, -0.2) is 18.4 Å². The van der Waals surface area contributed by atoms with Gasteiger partial charge in [-0.15, -0.1) is 0 Å². The molecule has 3 nitrogen and oxygen atoms in total. The molecule has 2 atom stereocenters. The first-order valence-electron chi connectivity index (χ1n) is 5.42. The van der Waals surface area contributed by atoms with Crippen LogP contribution in [0, 0.1) is 5.41 Å². The lowest BCUT2D eigenvalue weighted by Gasteiger charge is -2.36. The fourth-order valence-electron chi connectivity index (χ4n) is 1.47. The minimum absolute atomic E-state index is 0.171. The molecule has 0 aromatic heterocycles. The summed E-state index contributed by atoms with van der Waals surface area (Å²) in [6.45, 7) is 9.86. The number of esters is 1. The summed E-state index contributed by atoms with van der Waals surface area (Å²) in [4.78, 5) is 11.7. The van der Waals surface area contributed by atoms with Gasteiger partial charge in [-0.1, -0.05) is 33.8 Å². The van der Waals surface area contributed by atoms with Crippen LogP contribution in [0.25, 0.3) is 0 Å². The molecule has 3 heteroatoms. The highest BCUT2D eigenvalue weighted by molar-refractivity contribution is 5.90. The minimum atomic E-state index is -0.450. The van der Waals surface area contributed by atoms with E-state index in [1.807, 2.05) is 40.7 Å². The van der Waals surface area contributed by atoms with E-state index in [0.29, 0.717) is 5.57 Å². The van der Waals surface area contributed by atoms with Crippen LogP contribution in [-0.2, 0) is 14.3 Å². The number of allylic oxidation sites excluding steroid dienone is 1. The zero-order valence-corrected chi connectivity index (χ0v) is 10.2. The van der Waals surface area contributed by atoms with Crippen molar-refractivity contribution in [2.24, 2.45) is 5.41 Å². The predicted molar refractivity (Wildman–Crippen MR) is 58.3 cm³/mol. The Balaban J connectivity index is 2.80. The third kappa shape index (κ3) is 2.81. The zero-order chi connectivity index (χ0) is 11.6. The van der Waals surface area contributed by atoms with Crippen molar-refractivity contribution in [2.75, 3.05) is 0 Å². The molecule has 1 rings (SSSR count). The van der Waals surface area contributed by atoms with Gasteiger partial charge in [0.15, 0.2) is 0 Å². The Morgan fingerprint density at radius 3 is 2.40 bits per heavy atom. The number of carbonyl (C=O) groups excluding carboxylic acids is 1. The first-order valence-corrected chi connectivity index (χ1v) is 5.42. The first kappa shape index (κ1) is 12.2. The second kappa shape index (κ2) is 4.35. The Morgan fingerprint density at radius 2 is 2.00 bits per heavy atom. The Labute approximate surface area is 91.4 Å². The SMILES string of the molecule is CC/C=C1\C(=O)O[C@H](C(C)(C)C)O[C@@H]1C. The van der Waals surface area contributed by atoms with Crippen LogP contribution in [0.3, 0.4) is 0 Å². The maximum atomic E-state index is 11.7. The lowest BCUT2D eigenvalue weighted by Crippen LogP contribution is -2.43. The van der Waals surface area contributed by atoms with E-state index in [1.165, 1.54) is 0 Å². The molecule has 0 aromatic rings. The van der Waals surface area contributed by atoms with E-state index in [4.69, 9.17) is 9.47 Å². The summed E-state index contributed by atoms with van der Waals surface area (Å²) in [5, 5.41) is 0. The quantitative estimate of drug-likeness (QED) is 0.495. The van der Waals surface area contributed by atoms with Crippen molar-refractivity contribution >= 4 is 5.97 Å². The van der Waals surface area contributed by atoms with Crippen molar-refractivity contribution in [2.45, 2.75) is 53.4 Å². The van der Waals surface area contributed by atoms with Crippen LogP contribution in [0.4, 0.5) is 0 Å². The second-order valence-corrected chi connectivity index (χ2v) is 4.95. The molecule has 0 amide bonds. The molecule has 1 aliphatic rings. The third-order valence-corrected chi connectivity index (χ3v) is 2.35. The number of ether oxygens (including phenoxy) is 2. The maximum Gasteiger partial charge on any atom is 0.338 e. The number of cyclic esters (lactones) is 1.